The minimum atomic E-state index is 0. The molecule has 23 heavy (non-hydrogen) atoms. The van der Waals surface area contributed by atoms with E-state index in [0.29, 0.717) is 5.41 Å². The van der Waals surface area contributed by atoms with Gasteiger partial charge in [0.1, 0.15) is 0 Å². The Morgan fingerprint density at radius 1 is 1.22 bits per heavy atom. The van der Waals surface area contributed by atoms with Crippen LogP contribution in [0.1, 0.15) is 58.8 Å². The number of nitrogens with zero attached hydrogens (tertiary/aromatic N) is 2. The maximum absolute atomic E-state index is 4.41. The second-order valence-corrected chi connectivity index (χ2v) is 7.32. The van der Waals surface area contributed by atoms with Gasteiger partial charge in [-0.25, -0.2) is 0 Å². The predicted molar refractivity (Wildman–Crippen MR) is 111 cm³/mol. The highest BCUT2D eigenvalue weighted by Gasteiger charge is 2.32. The van der Waals surface area contributed by atoms with Crippen LogP contribution < -0.4 is 10.6 Å². The van der Waals surface area contributed by atoms with Crippen LogP contribution >= 0.6 is 24.0 Å². The molecule has 0 aromatic rings. The van der Waals surface area contributed by atoms with E-state index in [1.54, 1.807) is 0 Å². The second kappa shape index (κ2) is 10.7. The first-order valence-corrected chi connectivity index (χ1v) is 9.38. The Labute approximate surface area is 160 Å². The number of rotatable bonds is 7. The van der Waals surface area contributed by atoms with Gasteiger partial charge < -0.3 is 15.5 Å². The van der Waals surface area contributed by atoms with Crippen molar-refractivity contribution in [2.45, 2.75) is 58.8 Å². The number of hydrogen-bond acceptors (Lipinski definition) is 2. The van der Waals surface area contributed by atoms with Crippen LogP contribution in [0.2, 0.25) is 0 Å². The highest BCUT2D eigenvalue weighted by molar-refractivity contribution is 14.0. The molecule has 136 valence electrons. The molecular weight excluding hydrogens is 399 g/mol. The number of halogens is 1. The maximum Gasteiger partial charge on any atom is 0.191 e. The van der Waals surface area contributed by atoms with Crippen LogP contribution in [0, 0.1) is 11.3 Å². The van der Waals surface area contributed by atoms with Gasteiger partial charge in [0.05, 0.1) is 0 Å². The van der Waals surface area contributed by atoms with E-state index in [9.17, 15) is 0 Å². The Bertz CT molecular complexity index is 353. The lowest BCUT2D eigenvalue weighted by Gasteiger charge is -2.28. The zero-order valence-electron chi connectivity index (χ0n) is 15.4. The molecule has 2 aliphatic rings. The van der Waals surface area contributed by atoms with E-state index in [-0.39, 0.29) is 24.0 Å². The van der Waals surface area contributed by atoms with Crippen LogP contribution in [0.4, 0.5) is 0 Å². The lowest BCUT2D eigenvalue weighted by atomic mass is 9.83. The molecule has 5 heteroatoms. The highest BCUT2D eigenvalue weighted by atomic mass is 127. The fourth-order valence-electron chi connectivity index (χ4n) is 4.11. The molecule has 1 saturated carbocycles. The number of nitrogens with one attached hydrogen (secondary N) is 2. The van der Waals surface area contributed by atoms with Gasteiger partial charge in [-0.15, -0.1) is 24.0 Å². The van der Waals surface area contributed by atoms with Crippen molar-refractivity contribution >= 4 is 29.9 Å². The molecule has 1 heterocycles. The highest BCUT2D eigenvalue weighted by Crippen LogP contribution is 2.40. The summed E-state index contributed by atoms with van der Waals surface area (Å²) in [6, 6.07) is 0. The third kappa shape index (κ3) is 6.40. The molecule has 4 nitrogen and oxygen atoms in total. The summed E-state index contributed by atoms with van der Waals surface area (Å²) in [5.41, 5.74) is 0.517. The Kier molecular flexibility index (Phi) is 9.82. The number of guanidine groups is 1. The van der Waals surface area contributed by atoms with Crippen LogP contribution in [0.15, 0.2) is 4.99 Å². The first kappa shape index (κ1) is 21.0. The lowest BCUT2D eigenvalue weighted by molar-refractivity contribution is 0.283. The van der Waals surface area contributed by atoms with Gasteiger partial charge in [-0.3, -0.25) is 4.99 Å². The van der Waals surface area contributed by atoms with Gasteiger partial charge in [-0.05, 0) is 56.5 Å². The largest absolute Gasteiger partial charge is 0.356 e. The molecule has 0 aromatic heterocycles. The quantitative estimate of drug-likeness (QED) is 0.365. The second-order valence-electron chi connectivity index (χ2n) is 7.32. The van der Waals surface area contributed by atoms with E-state index in [0.717, 1.165) is 25.0 Å². The average Bonchev–Trinajstić information content (AvgIpc) is 3.18. The molecule has 0 aromatic carbocycles. The van der Waals surface area contributed by atoms with E-state index in [1.165, 1.54) is 64.6 Å². The third-order valence-corrected chi connectivity index (χ3v) is 5.74. The molecule has 1 unspecified atom stereocenters. The summed E-state index contributed by atoms with van der Waals surface area (Å²) < 4.78 is 0. The van der Waals surface area contributed by atoms with Crippen LogP contribution in [0.3, 0.4) is 0 Å². The van der Waals surface area contributed by atoms with E-state index in [1.807, 2.05) is 7.05 Å². The zero-order chi connectivity index (χ0) is 15.8. The minimum absolute atomic E-state index is 0. The molecule has 0 amide bonds. The predicted octanol–water partition coefficient (Wildman–Crippen LogP) is 3.47. The summed E-state index contributed by atoms with van der Waals surface area (Å²) in [4.78, 5) is 7.00. The van der Waals surface area contributed by atoms with E-state index in [4.69, 9.17) is 0 Å². The molecular formula is C18H37IN4. The van der Waals surface area contributed by atoms with E-state index < -0.39 is 0 Å². The van der Waals surface area contributed by atoms with Crippen molar-refractivity contribution in [2.24, 2.45) is 16.3 Å². The van der Waals surface area contributed by atoms with Gasteiger partial charge in [0.2, 0.25) is 0 Å². The minimum Gasteiger partial charge on any atom is -0.356 e. The SMILES string of the molecule is CCCN1CCC(CNC(=NC)NCC2(CC)CCCC2)C1.I. The lowest BCUT2D eigenvalue weighted by Crippen LogP contribution is -2.44. The van der Waals surface area contributed by atoms with Gasteiger partial charge in [0.15, 0.2) is 5.96 Å². The van der Waals surface area contributed by atoms with Gasteiger partial charge in [-0.2, -0.15) is 0 Å². The van der Waals surface area contributed by atoms with Crippen molar-refractivity contribution < 1.29 is 0 Å². The summed E-state index contributed by atoms with van der Waals surface area (Å²) >= 11 is 0. The molecule has 2 fully saturated rings. The Balaban J connectivity index is 0.00000264. The molecule has 1 aliphatic heterocycles. The Hall–Kier alpha value is -0.0400. The Morgan fingerprint density at radius 2 is 1.96 bits per heavy atom. The van der Waals surface area contributed by atoms with Crippen molar-refractivity contribution in [3.05, 3.63) is 0 Å². The molecule has 0 radical (unpaired) electrons. The standard InChI is InChI=1S/C18H36N4.HI/c1-4-11-22-12-8-16(14-22)13-20-17(19-3)21-15-18(5-2)9-6-7-10-18;/h16H,4-15H2,1-3H3,(H2,19,20,21);1H. The summed E-state index contributed by atoms with van der Waals surface area (Å²) in [6.07, 6.45) is 9.43. The average molecular weight is 436 g/mol. The van der Waals surface area contributed by atoms with Gasteiger partial charge in [0, 0.05) is 26.7 Å². The molecule has 2 rings (SSSR count). The van der Waals surface area contributed by atoms with Crippen LogP contribution in [-0.2, 0) is 0 Å². The molecule has 1 saturated heterocycles. The van der Waals surface area contributed by atoms with Gasteiger partial charge in [-0.1, -0.05) is 26.7 Å². The third-order valence-electron chi connectivity index (χ3n) is 5.74. The first-order valence-electron chi connectivity index (χ1n) is 9.38. The monoisotopic (exact) mass is 436 g/mol. The fraction of sp³-hybridized carbons (Fsp3) is 0.944. The molecule has 1 aliphatic carbocycles. The normalized spacial score (nSPS) is 24.5. The van der Waals surface area contributed by atoms with Crippen LogP contribution in [-0.4, -0.2) is 50.6 Å². The van der Waals surface area contributed by atoms with Crippen molar-refractivity contribution in [2.75, 3.05) is 39.8 Å². The molecule has 1 atom stereocenters. The maximum atomic E-state index is 4.41. The smallest absolute Gasteiger partial charge is 0.191 e. The summed E-state index contributed by atoms with van der Waals surface area (Å²) in [5.74, 6) is 1.77. The number of hydrogen-bond donors (Lipinski definition) is 2. The zero-order valence-corrected chi connectivity index (χ0v) is 17.7. The van der Waals surface area contributed by atoms with Crippen molar-refractivity contribution in [1.82, 2.24) is 15.5 Å². The van der Waals surface area contributed by atoms with Crippen molar-refractivity contribution in [3.8, 4) is 0 Å². The van der Waals surface area contributed by atoms with Crippen molar-refractivity contribution in [1.29, 1.82) is 0 Å². The van der Waals surface area contributed by atoms with Crippen LogP contribution in [0.25, 0.3) is 0 Å². The van der Waals surface area contributed by atoms with E-state index in [2.05, 4.69) is 34.4 Å². The summed E-state index contributed by atoms with van der Waals surface area (Å²) in [5, 5.41) is 7.14. The first-order chi connectivity index (χ1) is 10.7. The van der Waals surface area contributed by atoms with Crippen molar-refractivity contribution in [3.63, 3.8) is 0 Å². The Morgan fingerprint density at radius 3 is 2.57 bits per heavy atom. The molecule has 0 bridgehead atoms. The molecule has 0 spiro atoms. The topological polar surface area (TPSA) is 39.7 Å². The van der Waals surface area contributed by atoms with Gasteiger partial charge in [0.25, 0.3) is 0 Å². The van der Waals surface area contributed by atoms with Gasteiger partial charge >= 0.3 is 0 Å². The summed E-state index contributed by atoms with van der Waals surface area (Å²) in [7, 11) is 1.89. The van der Waals surface area contributed by atoms with E-state index >= 15 is 0 Å². The fourth-order valence-corrected chi connectivity index (χ4v) is 4.11. The number of likely N-dealkylation sites (tertiary alicyclic amines) is 1. The molecule has 2 N–H and O–H groups in total. The number of aliphatic imine (C=N–C) groups is 1. The summed E-state index contributed by atoms with van der Waals surface area (Å²) in [6.45, 7) is 10.5. The van der Waals surface area contributed by atoms with Crippen LogP contribution in [0.5, 0.6) is 0 Å².